The molecule has 1 aliphatic rings. The van der Waals surface area contributed by atoms with Crippen LogP contribution >= 0.6 is 0 Å². The second-order valence-corrected chi connectivity index (χ2v) is 5.10. The monoisotopic (exact) mass is 230 g/mol. The van der Waals surface area contributed by atoms with Gasteiger partial charge in [0.25, 0.3) is 0 Å². The Kier molecular flexibility index (Phi) is 2.79. The maximum atomic E-state index is 5.36. The first-order chi connectivity index (χ1) is 5.95. The molecule has 0 aliphatic carbocycles. The predicted molar refractivity (Wildman–Crippen MR) is 47.5 cm³/mol. The van der Waals surface area contributed by atoms with Gasteiger partial charge in [-0.3, -0.25) is 0 Å². The fourth-order valence-corrected chi connectivity index (χ4v) is 2.94. The Labute approximate surface area is 78.0 Å². The van der Waals surface area contributed by atoms with E-state index in [0.717, 1.165) is 6.61 Å². The van der Waals surface area contributed by atoms with Gasteiger partial charge in [-0.2, -0.15) is 0 Å². The number of rotatable bonds is 2. The topological polar surface area (TPSA) is 18.5 Å². The summed E-state index contributed by atoms with van der Waals surface area (Å²) in [6, 6.07) is 10.4. The van der Waals surface area contributed by atoms with Gasteiger partial charge in [0, 0.05) is 0 Å². The van der Waals surface area contributed by atoms with Crippen molar-refractivity contribution in [1.29, 1.82) is 0 Å². The summed E-state index contributed by atoms with van der Waals surface area (Å²) in [4.78, 5) is 0. The third-order valence-corrected chi connectivity index (χ3v) is 3.87. The van der Waals surface area contributed by atoms with Crippen LogP contribution in [0.25, 0.3) is 0 Å². The molecule has 1 aromatic carbocycles. The molecule has 2 nitrogen and oxygen atoms in total. The first kappa shape index (κ1) is 8.27. The summed E-state index contributed by atoms with van der Waals surface area (Å²) < 4.78 is 11.9. The van der Waals surface area contributed by atoms with Crippen LogP contribution in [0.2, 0.25) is 0 Å². The van der Waals surface area contributed by atoms with Crippen molar-refractivity contribution < 1.29 is 9.47 Å². The van der Waals surface area contributed by atoms with E-state index in [4.69, 9.17) is 9.47 Å². The van der Waals surface area contributed by atoms with Crippen LogP contribution in [0.15, 0.2) is 30.3 Å². The Morgan fingerprint density at radius 1 is 1.25 bits per heavy atom. The van der Waals surface area contributed by atoms with E-state index in [9.17, 15) is 0 Å². The molecule has 0 N–H and O–H groups in total. The van der Waals surface area contributed by atoms with E-state index in [1.54, 1.807) is 0 Å². The van der Waals surface area contributed by atoms with Gasteiger partial charge in [-0.1, -0.05) is 0 Å². The van der Waals surface area contributed by atoms with Crippen LogP contribution in [-0.2, 0) is 9.47 Å². The molecule has 0 amide bonds. The molecule has 1 fully saturated rings. The Bertz CT molecular complexity index is 232. The van der Waals surface area contributed by atoms with Gasteiger partial charge in [-0.15, -0.1) is 0 Å². The maximum absolute atomic E-state index is 5.36. The van der Waals surface area contributed by atoms with Crippen molar-refractivity contribution in [3.05, 3.63) is 30.3 Å². The van der Waals surface area contributed by atoms with Gasteiger partial charge in [0.2, 0.25) is 0 Å². The summed E-state index contributed by atoms with van der Waals surface area (Å²) in [7, 11) is 0. The molecule has 1 heterocycles. The normalized spacial score (nSPS) is 22.8. The quantitative estimate of drug-likeness (QED) is 0.681. The van der Waals surface area contributed by atoms with Gasteiger partial charge in [-0.25, -0.2) is 0 Å². The molecule has 1 atom stereocenters. The molecule has 0 spiro atoms. The van der Waals surface area contributed by atoms with Crippen LogP contribution in [0.4, 0.5) is 0 Å². The average Bonchev–Trinajstić information content (AvgIpc) is 2.59. The van der Waals surface area contributed by atoms with E-state index in [2.05, 4.69) is 24.3 Å². The predicted octanol–water partition coefficient (Wildman–Crippen LogP) is 0.346. The van der Waals surface area contributed by atoms with Crippen molar-refractivity contribution in [1.82, 2.24) is 0 Å². The van der Waals surface area contributed by atoms with Crippen LogP contribution in [0.5, 0.6) is 0 Å². The van der Waals surface area contributed by atoms with E-state index < -0.39 is 0 Å². The van der Waals surface area contributed by atoms with E-state index >= 15 is 0 Å². The third-order valence-electron chi connectivity index (χ3n) is 1.60. The number of hydrogen-bond acceptors (Lipinski definition) is 2. The number of benzene rings is 1. The Morgan fingerprint density at radius 3 is 2.75 bits per heavy atom. The molecule has 0 bridgehead atoms. The molecule has 0 aromatic heterocycles. The average molecular weight is 229 g/mol. The van der Waals surface area contributed by atoms with Crippen molar-refractivity contribution in [2.45, 2.75) is 5.00 Å². The van der Waals surface area contributed by atoms with Crippen LogP contribution in [-0.4, -0.2) is 33.4 Å². The van der Waals surface area contributed by atoms with Crippen molar-refractivity contribution >= 4 is 19.4 Å². The summed E-state index contributed by atoms with van der Waals surface area (Å²) in [5, 5.41) is 0.319. The van der Waals surface area contributed by atoms with Crippen molar-refractivity contribution in [3.8, 4) is 0 Å². The zero-order valence-corrected chi connectivity index (χ0v) is 8.32. The molecule has 1 unspecified atom stereocenters. The van der Waals surface area contributed by atoms with Crippen LogP contribution in [0.3, 0.4) is 0 Å². The summed E-state index contributed by atoms with van der Waals surface area (Å²) in [5.41, 5.74) is 0. The Morgan fingerprint density at radius 2 is 2.08 bits per heavy atom. The van der Waals surface area contributed by atoms with Gasteiger partial charge in [0.05, 0.1) is 0 Å². The minimum absolute atomic E-state index is 0.319. The number of hydrogen-bond donors (Lipinski definition) is 0. The molecule has 0 radical (unpaired) electrons. The molecule has 1 aliphatic heterocycles. The van der Waals surface area contributed by atoms with Crippen molar-refractivity contribution in [3.63, 3.8) is 0 Å². The molecule has 12 heavy (non-hydrogen) atoms. The molecule has 1 aromatic rings. The van der Waals surface area contributed by atoms with Crippen molar-refractivity contribution in [2.24, 2.45) is 0 Å². The second-order valence-electron chi connectivity index (χ2n) is 2.52. The molecular formula is C9H10O2Se. The van der Waals surface area contributed by atoms with Gasteiger partial charge < -0.3 is 0 Å². The summed E-state index contributed by atoms with van der Waals surface area (Å²) >= 11 is 0.401. The summed E-state index contributed by atoms with van der Waals surface area (Å²) in [6.07, 6.45) is 0. The zero-order chi connectivity index (χ0) is 8.23. The zero-order valence-electron chi connectivity index (χ0n) is 6.60. The first-order valence-electron chi connectivity index (χ1n) is 3.86. The van der Waals surface area contributed by atoms with Crippen LogP contribution in [0.1, 0.15) is 0 Å². The van der Waals surface area contributed by atoms with E-state index in [-0.39, 0.29) is 0 Å². The molecule has 0 saturated carbocycles. The fourth-order valence-electron chi connectivity index (χ4n) is 1.04. The van der Waals surface area contributed by atoms with Crippen LogP contribution < -0.4 is 4.46 Å². The SMILES string of the molecule is c1ccc([Se]C2COCO2)cc1. The third kappa shape index (κ3) is 2.08. The minimum atomic E-state index is 0.319. The van der Waals surface area contributed by atoms with Gasteiger partial charge in [0.1, 0.15) is 0 Å². The molecule has 3 heteroatoms. The molecular weight excluding hydrogens is 219 g/mol. The van der Waals surface area contributed by atoms with E-state index in [0.29, 0.717) is 26.8 Å². The fraction of sp³-hybridized carbons (Fsp3) is 0.333. The molecule has 64 valence electrons. The second kappa shape index (κ2) is 4.06. The standard InChI is InChI=1S/C9H10O2Se/c1-2-4-8(5-3-1)12-9-6-10-7-11-9/h1-5,9H,6-7H2. The van der Waals surface area contributed by atoms with Gasteiger partial charge in [-0.05, 0) is 0 Å². The number of ether oxygens (including phenoxy) is 2. The van der Waals surface area contributed by atoms with Gasteiger partial charge >= 0.3 is 77.6 Å². The van der Waals surface area contributed by atoms with E-state index in [1.807, 2.05) is 6.07 Å². The molecule has 1 saturated heterocycles. The molecule has 2 rings (SSSR count). The summed E-state index contributed by atoms with van der Waals surface area (Å²) in [6.45, 7) is 1.23. The van der Waals surface area contributed by atoms with Crippen LogP contribution in [0, 0.1) is 0 Å². The van der Waals surface area contributed by atoms with Crippen molar-refractivity contribution in [2.75, 3.05) is 13.4 Å². The first-order valence-corrected chi connectivity index (χ1v) is 5.71. The Balaban J connectivity index is 1.94. The van der Waals surface area contributed by atoms with E-state index in [1.165, 1.54) is 4.46 Å². The summed E-state index contributed by atoms with van der Waals surface area (Å²) in [5.74, 6) is 0. The van der Waals surface area contributed by atoms with Gasteiger partial charge in [0.15, 0.2) is 0 Å². The Hall–Kier alpha value is -0.341.